The largest absolute Gasteiger partial charge is 0.467 e. The van der Waals surface area contributed by atoms with Gasteiger partial charge in [0.1, 0.15) is 0 Å². The maximum Gasteiger partial charge on any atom is 0.341 e. The van der Waals surface area contributed by atoms with E-state index in [9.17, 15) is 4.79 Å². The molecule has 12 heavy (non-hydrogen) atoms. The highest BCUT2D eigenvalue weighted by Gasteiger charge is 2.18. The second-order valence-corrected chi connectivity index (χ2v) is 2.58. The average Bonchev–Trinajstić information content (AvgIpc) is 2.11. The molecule has 0 unspecified atom stereocenters. The zero-order valence-electron chi connectivity index (χ0n) is 8.05. The van der Waals surface area contributed by atoms with Crippen molar-refractivity contribution in [2.24, 2.45) is 0 Å². The molecule has 0 atom stereocenters. The van der Waals surface area contributed by atoms with Gasteiger partial charge in [-0.05, 0) is 12.8 Å². The van der Waals surface area contributed by atoms with Crippen molar-refractivity contribution < 1.29 is 14.3 Å². The lowest BCUT2D eigenvalue weighted by Gasteiger charge is -2.10. The van der Waals surface area contributed by atoms with Gasteiger partial charge in [-0.1, -0.05) is 19.8 Å². The van der Waals surface area contributed by atoms with Gasteiger partial charge >= 0.3 is 5.97 Å². The molecule has 0 saturated heterocycles. The number of ether oxygens (including phenoxy) is 2. The van der Waals surface area contributed by atoms with Crippen LogP contribution in [0, 0.1) is 6.10 Å². The van der Waals surface area contributed by atoms with Gasteiger partial charge in [0.2, 0.25) is 6.10 Å². The van der Waals surface area contributed by atoms with Crippen molar-refractivity contribution in [3.8, 4) is 0 Å². The molecule has 3 nitrogen and oxygen atoms in total. The number of hydrogen-bond acceptors (Lipinski definition) is 3. The zero-order chi connectivity index (χ0) is 9.40. The molecule has 0 aromatic heterocycles. The molecule has 0 heterocycles. The Hall–Kier alpha value is -0.570. The molecular weight excluding hydrogens is 156 g/mol. The van der Waals surface area contributed by atoms with Gasteiger partial charge in [0.25, 0.3) is 0 Å². The Morgan fingerprint density at radius 1 is 1.17 bits per heavy atom. The lowest BCUT2D eigenvalue weighted by molar-refractivity contribution is -0.144. The molecule has 0 aromatic rings. The molecule has 0 aliphatic carbocycles. The van der Waals surface area contributed by atoms with Crippen molar-refractivity contribution in [2.45, 2.75) is 32.6 Å². The average molecular weight is 173 g/mol. The minimum absolute atomic E-state index is 0.353. The van der Waals surface area contributed by atoms with Crippen LogP contribution >= 0.6 is 0 Å². The Morgan fingerprint density at radius 2 is 1.83 bits per heavy atom. The minimum atomic E-state index is -0.353. The molecule has 0 saturated carbocycles. The molecule has 0 fully saturated rings. The number of esters is 1. The van der Waals surface area contributed by atoms with E-state index in [0.717, 1.165) is 19.3 Å². The van der Waals surface area contributed by atoms with Gasteiger partial charge in [-0.3, -0.25) is 0 Å². The first-order valence-electron chi connectivity index (χ1n) is 4.24. The van der Waals surface area contributed by atoms with Gasteiger partial charge in [-0.25, -0.2) is 4.79 Å². The number of carbonyl (C=O) groups is 1. The molecule has 0 aliphatic heterocycles. The molecule has 71 valence electrons. The number of unbranched alkanes of at least 4 members (excludes halogenated alkanes) is 2. The first-order chi connectivity index (χ1) is 5.76. The molecule has 0 N–H and O–H groups in total. The van der Waals surface area contributed by atoms with Crippen molar-refractivity contribution in [2.75, 3.05) is 14.2 Å². The summed E-state index contributed by atoms with van der Waals surface area (Å²) in [5.41, 5.74) is 0. The molecule has 0 aliphatic rings. The molecule has 0 bridgehead atoms. The number of methoxy groups -OCH3 is 2. The maximum absolute atomic E-state index is 11.0. The van der Waals surface area contributed by atoms with Crippen LogP contribution in [-0.4, -0.2) is 20.2 Å². The summed E-state index contributed by atoms with van der Waals surface area (Å²) in [4.78, 5) is 11.0. The predicted molar refractivity (Wildman–Crippen MR) is 46.4 cm³/mol. The van der Waals surface area contributed by atoms with E-state index in [-0.39, 0.29) is 5.97 Å². The molecule has 1 radical (unpaired) electrons. The molecule has 0 amide bonds. The third-order valence-electron chi connectivity index (χ3n) is 1.67. The SMILES string of the molecule is CCCCC[C](OC)C(=O)OC. The van der Waals surface area contributed by atoms with Gasteiger partial charge in [0.15, 0.2) is 0 Å². The Bertz CT molecular complexity index is 123. The van der Waals surface area contributed by atoms with Crippen molar-refractivity contribution in [3.05, 3.63) is 6.10 Å². The summed E-state index contributed by atoms with van der Waals surface area (Å²) >= 11 is 0. The van der Waals surface area contributed by atoms with E-state index in [1.54, 1.807) is 0 Å². The second-order valence-electron chi connectivity index (χ2n) is 2.58. The molecule has 3 heteroatoms. The fourth-order valence-corrected chi connectivity index (χ4v) is 0.937. The summed E-state index contributed by atoms with van der Waals surface area (Å²) in [6.45, 7) is 2.12. The summed E-state index contributed by atoms with van der Waals surface area (Å²) in [6, 6.07) is 0. The van der Waals surface area contributed by atoms with Crippen LogP contribution < -0.4 is 0 Å². The van der Waals surface area contributed by atoms with Crippen LogP contribution in [0.5, 0.6) is 0 Å². The summed E-state index contributed by atoms with van der Waals surface area (Å²) in [5, 5.41) is 0. The van der Waals surface area contributed by atoms with Gasteiger partial charge < -0.3 is 9.47 Å². The monoisotopic (exact) mass is 173 g/mol. The van der Waals surface area contributed by atoms with Gasteiger partial charge in [0, 0.05) is 7.11 Å². The van der Waals surface area contributed by atoms with Crippen LogP contribution in [0.25, 0.3) is 0 Å². The van der Waals surface area contributed by atoms with E-state index in [0.29, 0.717) is 12.5 Å². The summed E-state index contributed by atoms with van der Waals surface area (Å²) < 4.78 is 9.42. The Labute approximate surface area is 74.0 Å². The Morgan fingerprint density at radius 3 is 2.25 bits per heavy atom. The second kappa shape index (κ2) is 7.10. The first-order valence-corrected chi connectivity index (χ1v) is 4.24. The van der Waals surface area contributed by atoms with Crippen LogP contribution in [0.1, 0.15) is 32.6 Å². The third-order valence-corrected chi connectivity index (χ3v) is 1.67. The third kappa shape index (κ3) is 4.34. The standard InChI is InChI=1S/C9H17O3/c1-4-5-6-7-8(11-2)9(10)12-3/h4-7H2,1-3H3. The van der Waals surface area contributed by atoms with Gasteiger partial charge in [-0.2, -0.15) is 0 Å². The molecule has 0 spiro atoms. The molecule has 0 rings (SSSR count). The maximum atomic E-state index is 11.0. The summed E-state index contributed by atoms with van der Waals surface area (Å²) in [6.07, 6.45) is 4.33. The number of hydrogen-bond donors (Lipinski definition) is 0. The highest BCUT2D eigenvalue weighted by Crippen LogP contribution is 2.13. The Balaban J connectivity index is 3.60. The van der Waals surface area contributed by atoms with Crippen molar-refractivity contribution >= 4 is 5.97 Å². The van der Waals surface area contributed by atoms with E-state index >= 15 is 0 Å². The number of rotatable bonds is 6. The highest BCUT2D eigenvalue weighted by molar-refractivity contribution is 5.82. The zero-order valence-corrected chi connectivity index (χ0v) is 8.05. The van der Waals surface area contributed by atoms with E-state index in [1.165, 1.54) is 14.2 Å². The quantitative estimate of drug-likeness (QED) is 0.454. The Kier molecular flexibility index (Phi) is 6.76. The number of carbonyl (C=O) groups excluding carboxylic acids is 1. The highest BCUT2D eigenvalue weighted by atomic mass is 16.6. The lowest BCUT2D eigenvalue weighted by atomic mass is 10.1. The summed E-state index contributed by atoms with van der Waals surface area (Å²) in [7, 11) is 2.86. The van der Waals surface area contributed by atoms with Crippen molar-refractivity contribution in [1.82, 2.24) is 0 Å². The van der Waals surface area contributed by atoms with Crippen molar-refractivity contribution in [1.29, 1.82) is 0 Å². The van der Waals surface area contributed by atoms with Crippen LogP contribution in [0.4, 0.5) is 0 Å². The van der Waals surface area contributed by atoms with Crippen LogP contribution in [0.2, 0.25) is 0 Å². The minimum Gasteiger partial charge on any atom is -0.467 e. The van der Waals surface area contributed by atoms with Gasteiger partial charge in [-0.15, -0.1) is 0 Å². The molecular formula is C9H17O3. The van der Waals surface area contributed by atoms with E-state index < -0.39 is 0 Å². The predicted octanol–water partition coefficient (Wildman–Crippen LogP) is 1.92. The lowest BCUT2D eigenvalue weighted by Crippen LogP contribution is -2.15. The van der Waals surface area contributed by atoms with Crippen LogP contribution in [0.3, 0.4) is 0 Å². The molecule has 0 aromatic carbocycles. The first kappa shape index (κ1) is 11.4. The topological polar surface area (TPSA) is 35.5 Å². The fraction of sp³-hybridized carbons (Fsp3) is 0.778. The van der Waals surface area contributed by atoms with Gasteiger partial charge in [0.05, 0.1) is 7.11 Å². The summed E-state index contributed by atoms with van der Waals surface area (Å²) in [5.74, 6) is -0.353. The van der Waals surface area contributed by atoms with Crippen molar-refractivity contribution in [3.63, 3.8) is 0 Å². The fourth-order valence-electron chi connectivity index (χ4n) is 0.937. The van der Waals surface area contributed by atoms with E-state index in [2.05, 4.69) is 11.7 Å². The van der Waals surface area contributed by atoms with E-state index in [4.69, 9.17) is 4.74 Å². The van der Waals surface area contributed by atoms with Crippen LogP contribution in [0.15, 0.2) is 0 Å². The van der Waals surface area contributed by atoms with E-state index in [1.807, 2.05) is 0 Å². The normalized spacial score (nSPS) is 10.3. The van der Waals surface area contributed by atoms with Crippen LogP contribution in [-0.2, 0) is 14.3 Å². The smallest absolute Gasteiger partial charge is 0.341 e.